The standard InChI is InChI=1S/C9H10O/c1-7-4-3-5-8(2)9(7)6-10/h3-5H,1,6H2,2H3. The molecule has 0 spiro atoms. The van der Waals surface area contributed by atoms with E-state index in [9.17, 15) is 5.11 Å². The minimum Gasteiger partial charge on any atom is -0.232 e. The van der Waals surface area contributed by atoms with Gasteiger partial charge in [0.05, 0.1) is 0 Å². The summed E-state index contributed by atoms with van der Waals surface area (Å²) in [6, 6.07) is 5.71. The van der Waals surface area contributed by atoms with Gasteiger partial charge >= 0.3 is 0 Å². The van der Waals surface area contributed by atoms with Crippen LogP contribution in [0.1, 0.15) is 16.7 Å². The third kappa shape index (κ3) is 1.19. The molecule has 1 aromatic carbocycles. The highest BCUT2D eigenvalue weighted by atomic mass is 16.3. The zero-order valence-corrected chi connectivity index (χ0v) is 6.05. The highest BCUT2D eigenvalue weighted by Gasteiger charge is 1.98. The Morgan fingerprint density at radius 1 is 1.50 bits per heavy atom. The Morgan fingerprint density at radius 2 is 2.20 bits per heavy atom. The molecule has 0 aliphatic carbocycles. The third-order valence-electron chi connectivity index (χ3n) is 1.65. The van der Waals surface area contributed by atoms with Crippen molar-refractivity contribution in [3.63, 3.8) is 0 Å². The molecule has 0 saturated heterocycles. The lowest BCUT2D eigenvalue weighted by atomic mass is 10.0. The van der Waals surface area contributed by atoms with E-state index in [1.165, 1.54) is 0 Å². The summed E-state index contributed by atoms with van der Waals surface area (Å²) in [6.07, 6.45) is 0. The Labute approximate surface area is 61.3 Å². The molecule has 0 bridgehead atoms. The van der Waals surface area contributed by atoms with Gasteiger partial charge in [0.1, 0.15) is 6.61 Å². The van der Waals surface area contributed by atoms with Gasteiger partial charge in [0, 0.05) is 0 Å². The normalized spacial score (nSPS) is 9.90. The lowest BCUT2D eigenvalue weighted by Crippen LogP contribution is -1.90. The molecule has 0 amide bonds. The van der Waals surface area contributed by atoms with E-state index in [1.54, 1.807) is 0 Å². The zero-order valence-electron chi connectivity index (χ0n) is 6.05. The van der Waals surface area contributed by atoms with Crippen LogP contribution in [0.5, 0.6) is 0 Å². The number of benzene rings is 1. The van der Waals surface area contributed by atoms with E-state index < -0.39 is 0 Å². The van der Waals surface area contributed by atoms with Gasteiger partial charge in [-0.3, -0.25) is 0 Å². The summed E-state index contributed by atoms with van der Waals surface area (Å²) in [5, 5.41) is 10.5. The average Bonchev–Trinajstić information content (AvgIpc) is 1.88. The first-order valence-electron chi connectivity index (χ1n) is 3.24. The smallest absolute Gasteiger partial charge is 0.108 e. The fraction of sp³-hybridized carbons (Fsp3) is 0.222. The van der Waals surface area contributed by atoms with E-state index in [2.05, 4.69) is 6.92 Å². The van der Waals surface area contributed by atoms with Crippen LogP contribution in [0.15, 0.2) is 18.2 Å². The molecular weight excluding hydrogens is 124 g/mol. The molecule has 2 radical (unpaired) electrons. The van der Waals surface area contributed by atoms with Crippen molar-refractivity contribution < 1.29 is 5.11 Å². The van der Waals surface area contributed by atoms with Crippen LogP contribution in [0.2, 0.25) is 0 Å². The molecule has 0 saturated carbocycles. The lowest BCUT2D eigenvalue weighted by Gasteiger charge is -2.03. The SMILES string of the molecule is [CH2]c1cccc(C)c1C[O]. The van der Waals surface area contributed by atoms with Crippen LogP contribution in [0.4, 0.5) is 0 Å². The van der Waals surface area contributed by atoms with Gasteiger partial charge in [-0.05, 0) is 30.5 Å². The van der Waals surface area contributed by atoms with Crippen LogP contribution in [0.25, 0.3) is 0 Å². The Morgan fingerprint density at radius 3 is 2.60 bits per heavy atom. The summed E-state index contributed by atoms with van der Waals surface area (Å²) < 4.78 is 0. The first kappa shape index (κ1) is 7.29. The predicted molar refractivity (Wildman–Crippen MR) is 40.0 cm³/mol. The van der Waals surface area contributed by atoms with Crippen LogP contribution in [0, 0.1) is 13.8 Å². The van der Waals surface area contributed by atoms with Gasteiger partial charge in [-0.2, -0.15) is 0 Å². The summed E-state index contributed by atoms with van der Waals surface area (Å²) in [4.78, 5) is 0. The van der Waals surface area contributed by atoms with Gasteiger partial charge in [-0.1, -0.05) is 18.2 Å². The molecule has 0 aliphatic heterocycles. The van der Waals surface area contributed by atoms with Gasteiger partial charge in [0.25, 0.3) is 0 Å². The van der Waals surface area contributed by atoms with Crippen molar-refractivity contribution in [1.29, 1.82) is 0 Å². The molecular formula is C9H10O. The van der Waals surface area contributed by atoms with Gasteiger partial charge in [0.2, 0.25) is 0 Å². The van der Waals surface area contributed by atoms with Crippen molar-refractivity contribution in [3.05, 3.63) is 41.8 Å². The van der Waals surface area contributed by atoms with Gasteiger partial charge in [-0.25, -0.2) is 5.11 Å². The predicted octanol–water partition coefficient (Wildman–Crippen LogP) is 2.11. The highest BCUT2D eigenvalue weighted by molar-refractivity contribution is 5.35. The summed E-state index contributed by atoms with van der Waals surface area (Å²) >= 11 is 0. The molecule has 52 valence electrons. The second-order valence-corrected chi connectivity index (χ2v) is 2.36. The van der Waals surface area contributed by atoms with E-state index in [0.29, 0.717) is 0 Å². The number of rotatable bonds is 1. The van der Waals surface area contributed by atoms with Gasteiger partial charge in [0.15, 0.2) is 0 Å². The molecule has 0 aliphatic rings. The molecule has 1 rings (SSSR count). The maximum Gasteiger partial charge on any atom is 0.108 e. The second-order valence-electron chi connectivity index (χ2n) is 2.36. The van der Waals surface area contributed by atoms with E-state index in [0.717, 1.165) is 16.7 Å². The van der Waals surface area contributed by atoms with Crippen molar-refractivity contribution in [1.82, 2.24) is 0 Å². The van der Waals surface area contributed by atoms with Crippen molar-refractivity contribution in [2.45, 2.75) is 13.5 Å². The largest absolute Gasteiger partial charge is 0.232 e. The number of aryl methyl sites for hydroxylation is 1. The van der Waals surface area contributed by atoms with Crippen molar-refractivity contribution in [2.75, 3.05) is 0 Å². The summed E-state index contributed by atoms with van der Waals surface area (Å²) in [5.74, 6) is 0. The fourth-order valence-corrected chi connectivity index (χ4v) is 0.970. The van der Waals surface area contributed by atoms with Crippen molar-refractivity contribution >= 4 is 0 Å². The molecule has 0 atom stereocenters. The van der Waals surface area contributed by atoms with E-state index in [1.807, 2.05) is 25.1 Å². The Hall–Kier alpha value is -0.820. The van der Waals surface area contributed by atoms with Crippen molar-refractivity contribution in [3.8, 4) is 0 Å². The molecule has 0 N–H and O–H groups in total. The summed E-state index contributed by atoms with van der Waals surface area (Å²) in [7, 11) is 0. The van der Waals surface area contributed by atoms with Crippen LogP contribution < -0.4 is 0 Å². The van der Waals surface area contributed by atoms with E-state index in [4.69, 9.17) is 0 Å². The average molecular weight is 134 g/mol. The van der Waals surface area contributed by atoms with E-state index in [-0.39, 0.29) is 6.61 Å². The Bertz CT molecular complexity index is 208. The first-order chi connectivity index (χ1) is 4.75. The van der Waals surface area contributed by atoms with Crippen LogP contribution in [-0.2, 0) is 11.7 Å². The Kier molecular flexibility index (Phi) is 2.07. The van der Waals surface area contributed by atoms with Crippen LogP contribution in [-0.4, -0.2) is 0 Å². The first-order valence-corrected chi connectivity index (χ1v) is 3.24. The molecule has 0 fully saturated rings. The molecule has 1 heteroatoms. The molecule has 0 unspecified atom stereocenters. The minimum absolute atomic E-state index is 0.161. The van der Waals surface area contributed by atoms with Crippen molar-refractivity contribution in [2.24, 2.45) is 0 Å². The highest BCUT2D eigenvalue weighted by Crippen LogP contribution is 2.12. The molecule has 1 nitrogen and oxygen atoms in total. The summed E-state index contributed by atoms with van der Waals surface area (Å²) in [5.41, 5.74) is 2.74. The fourth-order valence-electron chi connectivity index (χ4n) is 0.970. The molecule has 1 aromatic rings. The molecule has 10 heavy (non-hydrogen) atoms. The maximum absolute atomic E-state index is 10.5. The van der Waals surface area contributed by atoms with Crippen LogP contribution in [0.3, 0.4) is 0 Å². The number of hydrogen-bond donors (Lipinski definition) is 0. The summed E-state index contributed by atoms with van der Waals surface area (Å²) in [6.45, 7) is 5.52. The minimum atomic E-state index is -0.161. The lowest BCUT2D eigenvalue weighted by molar-refractivity contribution is 0.176. The van der Waals surface area contributed by atoms with E-state index >= 15 is 0 Å². The van der Waals surface area contributed by atoms with Gasteiger partial charge in [-0.15, -0.1) is 0 Å². The maximum atomic E-state index is 10.5. The van der Waals surface area contributed by atoms with Gasteiger partial charge < -0.3 is 0 Å². The Balaban J connectivity index is 3.17. The molecule has 0 aromatic heterocycles. The number of hydrogen-bond acceptors (Lipinski definition) is 0. The molecule has 0 heterocycles. The topological polar surface area (TPSA) is 19.9 Å². The third-order valence-corrected chi connectivity index (χ3v) is 1.65. The second kappa shape index (κ2) is 2.84. The monoisotopic (exact) mass is 134 g/mol. The zero-order chi connectivity index (χ0) is 7.56. The quantitative estimate of drug-likeness (QED) is 0.560. The van der Waals surface area contributed by atoms with Crippen LogP contribution >= 0.6 is 0 Å².